The largest absolute Gasteiger partial charge is 0.349 e. The van der Waals surface area contributed by atoms with Crippen LogP contribution in [-0.2, 0) is 9.59 Å². The highest BCUT2D eigenvalue weighted by molar-refractivity contribution is 5.85. The number of carbonyl (C=O) groups is 2. The van der Waals surface area contributed by atoms with Crippen LogP contribution in [0.3, 0.4) is 0 Å². The molecule has 0 radical (unpaired) electrons. The molecule has 3 heteroatoms. The molecule has 0 heterocycles. The molecule has 1 N–H and O–H groups in total. The molecule has 1 amide bonds. The van der Waals surface area contributed by atoms with Gasteiger partial charge in [0.15, 0.2) is 5.78 Å². The maximum atomic E-state index is 10.9. The fraction of sp³-hybridized carbons (Fsp3) is 0.714. The third kappa shape index (κ3) is 2.62. The van der Waals surface area contributed by atoms with Crippen LogP contribution < -0.4 is 5.32 Å². The number of ketones is 1. The van der Waals surface area contributed by atoms with Crippen LogP contribution in [-0.4, -0.2) is 18.2 Å². The Morgan fingerprint density at radius 3 is 2.50 bits per heavy atom. The van der Waals surface area contributed by atoms with Crippen LogP contribution in [0.5, 0.6) is 0 Å². The average Bonchev–Trinajstić information content (AvgIpc) is 1.99. The van der Waals surface area contributed by atoms with Crippen molar-refractivity contribution in [1.82, 2.24) is 5.32 Å². The van der Waals surface area contributed by atoms with E-state index in [4.69, 9.17) is 0 Å². The van der Waals surface area contributed by atoms with E-state index in [1.165, 1.54) is 0 Å². The molecule has 0 bridgehead atoms. The molecule has 3 nitrogen and oxygen atoms in total. The second kappa shape index (κ2) is 4.97. The first kappa shape index (κ1) is 9.14. The van der Waals surface area contributed by atoms with Crippen LogP contribution in [0.1, 0.15) is 26.7 Å². The summed E-state index contributed by atoms with van der Waals surface area (Å²) in [7, 11) is 0. The van der Waals surface area contributed by atoms with Crippen molar-refractivity contribution in [3.63, 3.8) is 0 Å². The minimum atomic E-state index is -0.275. The number of nitrogens with one attached hydrogen (secondary N) is 1. The zero-order valence-corrected chi connectivity index (χ0v) is 6.39. The van der Waals surface area contributed by atoms with Gasteiger partial charge in [-0.3, -0.25) is 9.59 Å². The van der Waals surface area contributed by atoms with E-state index in [0.717, 1.165) is 0 Å². The molecule has 1 unspecified atom stereocenters. The minimum absolute atomic E-state index is 0.0922. The molecule has 0 rings (SSSR count). The van der Waals surface area contributed by atoms with E-state index in [2.05, 4.69) is 5.32 Å². The van der Waals surface area contributed by atoms with Gasteiger partial charge in [-0.15, -0.1) is 0 Å². The zero-order valence-electron chi connectivity index (χ0n) is 6.39. The third-order valence-electron chi connectivity index (χ3n) is 1.41. The first-order valence-corrected chi connectivity index (χ1v) is 3.48. The molecule has 58 valence electrons. The van der Waals surface area contributed by atoms with Gasteiger partial charge < -0.3 is 5.32 Å². The summed E-state index contributed by atoms with van der Waals surface area (Å²) >= 11 is 0. The highest BCUT2D eigenvalue weighted by Gasteiger charge is 2.11. The lowest BCUT2D eigenvalue weighted by molar-refractivity contribution is -0.123. The molecule has 1 atom stereocenters. The summed E-state index contributed by atoms with van der Waals surface area (Å²) < 4.78 is 0. The van der Waals surface area contributed by atoms with Gasteiger partial charge in [0.1, 0.15) is 0 Å². The summed E-state index contributed by atoms with van der Waals surface area (Å²) in [5.74, 6) is 0.0922. The summed E-state index contributed by atoms with van der Waals surface area (Å²) in [5, 5.41) is 2.45. The quantitative estimate of drug-likeness (QED) is 0.569. The van der Waals surface area contributed by atoms with Crippen molar-refractivity contribution in [3.8, 4) is 0 Å². The summed E-state index contributed by atoms with van der Waals surface area (Å²) in [6.45, 7) is 3.66. The minimum Gasteiger partial charge on any atom is -0.349 e. The van der Waals surface area contributed by atoms with Crippen molar-refractivity contribution in [2.75, 3.05) is 0 Å². The number of hydrogen-bond acceptors (Lipinski definition) is 2. The Kier molecular flexibility index (Phi) is 4.54. The zero-order chi connectivity index (χ0) is 7.98. The molecule has 0 saturated heterocycles. The lowest BCUT2D eigenvalue weighted by atomic mass is 10.1. The van der Waals surface area contributed by atoms with E-state index in [-0.39, 0.29) is 11.8 Å². The maximum absolute atomic E-state index is 10.9. The highest BCUT2D eigenvalue weighted by Crippen LogP contribution is 1.94. The Balaban J connectivity index is 3.79. The lowest BCUT2D eigenvalue weighted by Gasteiger charge is -2.09. The molecule has 0 aliphatic carbocycles. The van der Waals surface area contributed by atoms with E-state index in [0.29, 0.717) is 19.3 Å². The molecular weight excluding hydrogens is 130 g/mol. The van der Waals surface area contributed by atoms with Crippen LogP contribution >= 0.6 is 0 Å². The second-order valence-electron chi connectivity index (χ2n) is 2.07. The van der Waals surface area contributed by atoms with E-state index in [1.54, 1.807) is 6.92 Å². The van der Waals surface area contributed by atoms with Gasteiger partial charge >= 0.3 is 0 Å². The average molecular weight is 143 g/mol. The standard InChI is InChI=1S/C7H13NO2/c1-3-6(8-5-9)7(10)4-2/h5-6H,3-4H2,1-2H3,(H,8,9). The maximum Gasteiger partial charge on any atom is 0.207 e. The van der Waals surface area contributed by atoms with Gasteiger partial charge in [-0.05, 0) is 6.42 Å². The fourth-order valence-corrected chi connectivity index (χ4v) is 0.767. The van der Waals surface area contributed by atoms with Gasteiger partial charge in [0.2, 0.25) is 6.41 Å². The van der Waals surface area contributed by atoms with Crippen LogP contribution in [0.25, 0.3) is 0 Å². The van der Waals surface area contributed by atoms with E-state index >= 15 is 0 Å². The predicted molar refractivity (Wildman–Crippen MR) is 38.6 cm³/mol. The molecule has 10 heavy (non-hydrogen) atoms. The van der Waals surface area contributed by atoms with Crippen LogP contribution in [0.2, 0.25) is 0 Å². The van der Waals surface area contributed by atoms with Crippen LogP contribution in [0, 0.1) is 0 Å². The number of hydrogen-bond donors (Lipinski definition) is 1. The van der Waals surface area contributed by atoms with E-state index in [9.17, 15) is 9.59 Å². The number of carbonyl (C=O) groups excluding carboxylic acids is 2. The van der Waals surface area contributed by atoms with Gasteiger partial charge in [-0.2, -0.15) is 0 Å². The third-order valence-corrected chi connectivity index (χ3v) is 1.41. The summed E-state index contributed by atoms with van der Waals surface area (Å²) in [4.78, 5) is 20.8. The Morgan fingerprint density at radius 2 is 2.20 bits per heavy atom. The monoisotopic (exact) mass is 143 g/mol. The Morgan fingerprint density at radius 1 is 1.60 bits per heavy atom. The highest BCUT2D eigenvalue weighted by atomic mass is 16.1. The molecule has 0 saturated carbocycles. The Hall–Kier alpha value is -0.860. The molecule has 0 aliphatic rings. The van der Waals surface area contributed by atoms with Crippen molar-refractivity contribution >= 4 is 12.2 Å². The van der Waals surface area contributed by atoms with Gasteiger partial charge in [-0.1, -0.05) is 13.8 Å². The van der Waals surface area contributed by atoms with E-state index in [1.807, 2.05) is 6.92 Å². The topological polar surface area (TPSA) is 46.2 Å². The number of rotatable bonds is 5. The van der Waals surface area contributed by atoms with Crippen molar-refractivity contribution in [2.24, 2.45) is 0 Å². The van der Waals surface area contributed by atoms with Crippen LogP contribution in [0.4, 0.5) is 0 Å². The van der Waals surface area contributed by atoms with Crippen molar-refractivity contribution in [2.45, 2.75) is 32.7 Å². The molecule has 0 spiro atoms. The first-order chi connectivity index (χ1) is 4.76. The molecule has 0 fully saturated rings. The SMILES string of the molecule is CCC(=O)C(CC)NC=O. The second-order valence-corrected chi connectivity index (χ2v) is 2.07. The molecule has 0 aromatic rings. The smallest absolute Gasteiger partial charge is 0.207 e. The van der Waals surface area contributed by atoms with Gasteiger partial charge in [0, 0.05) is 6.42 Å². The number of amides is 1. The number of Topliss-reactive ketones (excluding diaryl/α,β-unsaturated/α-hetero) is 1. The summed E-state index contributed by atoms with van der Waals surface area (Å²) in [6.07, 6.45) is 1.73. The van der Waals surface area contributed by atoms with E-state index < -0.39 is 0 Å². The molecular formula is C7H13NO2. The molecule has 0 aromatic carbocycles. The first-order valence-electron chi connectivity index (χ1n) is 3.48. The van der Waals surface area contributed by atoms with Crippen molar-refractivity contribution in [1.29, 1.82) is 0 Å². The summed E-state index contributed by atoms with van der Waals surface area (Å²) in [5.41, 5.74) is 0. The fourth-order valence-electron chi connectivity index (χ4n) is 0.767. The predicted octanol–water partition coefficient (Wildman–Crippen LogP) is 0.490. The van der Waals surface area contributed by atoms with Crippen molar-refractivity contribution in [3.05, 3.63) is 0 Å². The van der Waals surface area contributed by atoms with Crippen molar-refractivity contribution < 1.29 is 9.59 Å². The van der Waals surface area contributed by atoms with Crippen LogP contribution in [0.15, 0.2) is 0 Å². The Bertz CT molecular complexity index is 123. The van der Waals surface area contributed by atoms with Gasteiger partial charge in [0.05, 0.1) is 6.04 Å². The Labute approximate surface area is 60.8 Å². The van der Waals surface area contributed by atoms with Gasteiger partial charge in [0.25, 0.3) is 0 Å². The summed E-state index contributed by atoms with van der Waals surface area (Å²) in [6, 6.07) is -0.275. The lowest BCUT2D eigenvalue weighted by Crippen LogP contribution is -2.34. The van der Waals surface area contributed by atoms with Gasteiger partial charge in [-0.25, -0.2) is 0 Å². The molecule has 0 aromatic heterocycles. The normalized spacial score (nSPS) is 12.2. The molecule has 0 aliphatic heterocycles.